The van der Waals surface area contributed by atoms with E-state index < -0.39 is 12.2 Å². The van der Waals surface area contributed by atoms with E-state index in [1.165, 1.54) is 22.8 Å². The largest absolute Gasteiger partial charge is 0.442 e. The van der Waals surface area contributed by atoms with Crippen LogP contribution in [0.4, 0.5) is 26.4 Å². The maximum absolute atomic E-state index is 15.1. The lowest BCUT2D eigenvalue weighted by atomic mass is 10.2. The SMILES string of the molecule is CC(=O)NC[C@H]1CN(c2ccc(N3CCN(c4ccc(-c5cccs5)cn4)CC3)c(F)c2)C(=O)O1. The van der Waals surface area contributed by atoms with E-state index in [0.717, 1.165) is 24.5 Å². The third-order valence-electron chi connectivity index (χ3n) is 6.19. The number of amides is 2. The molecule has 2 amide bonds. The lowest BCUT2D eigenvalue weighted by Crippen LogP contribution is -2.47. The number of rotatable bonds is 6. The lowest BCUT2D eigenvalue weighted by Gasteiger charge is -2.37. The third kappa shape index (κ3) is 5.07. The first-order chi connectivity index (χ1) is 17.0. The van der Waals surface area contributed by atoms with E-state index in [-0.39, 0.29) is 24.8 Å². The number of cyclic esters (lactones) is 1. The minimum Gasteiger partial charge on any atom is -0.442 e. The van der Waals surface area contributed by atoms with Crippen molar-refractivity contribution in [2.45, 2.75) is 13.0 Å². The number of aromatic nitrogens is 1. The monoisotopic (exact) mass is 495 g/mol. The van der Waals surface area contributed by atoms with Crippen LogP contribution >= 0.6 is 11.3 Å². The summed E-state index contributed by atoms with van der Waals surface area (Å²) in [6.45, 7) is 4.68. The summed E-state index contributed by atoms with van der Waals surface area (Å²) in [6, 6.07) is 13.0. The number of hydrogen-bond acceptors (Lipinski definition) is 7. The number of benzene rings is 1. The lowest BCUT2D eigenvalue weighted by molar-refractivity contribution is -0.119. The smallest absolute Gasteiger partial charge is 0.414 e. The molecule has 2 fully saturated rings. The Kier molecular flexibility index (Phi) is 6.54. The van der Waals surface area contributed by atoms with Gasteiger partial charge in [0.2, 0.25) is 5.91 Å². The van der Waals surface area contributed by atoms with Gasteiger partial charge in [-0.25, -0.2) is 14.2 Å². The molecule has 1 N–H and O–H groups in total. The first kappa shape index (κ1) is 23.1. The summed E-state index contributed by atoms with van der Waals surface area (Å²) in [6.07, 6.45) is 0.893. The summed E-state index contributed by atoms with van der Waals surface area (Å²) in [5.41, 5.74) is 2.06. The van der Waals surface area contributed by atoms with Gasteiger partial charge in [-0.1, -0.05) is 6.07 Å². The number of carbonyl (C=O) groups excluding carboxylic acids is 2. The van der Waals surface area contributed by atoms with E-state index in [1.54, 1.807) is 23.5 Å². The predicted molar refractivity (Wildman–Crippen MR) is 135 cm³/mol. The fraction of sp³-hybridized carbons (Fsp3) is 0.320. The number of carbonyl (C=O) groups is 2. The molecule has 2 aromatic heterocycles. The van der Waals surface area contributed by atoms with Crippen molar-refractivity contribution in [1.29, 1.82) is 0 Å². The number of nitrogens with zero attached hydrogens (tertiary/aromatic N) is 4. The van der Waals surface area contributed by atoms with Gasteiger partial charge >= 0.3 is 6.09 Å². The van der Waals surface area contributed by atoms with Crippen LogP contribution in [0.25, 0.3) is 10.4 Å². The average molecular weight is 496 g/mol. The molecule has 5 rings (SSSR count). The molecular weight excluding hydrogens is 469 g/mol. The minimum atomic E-state index is -0.543. The molecule has 182 valence electrons. The van der Waals surface area contributed by atoms with Crippen LogP contribution in [-0.4, -0.2) is 62.4 Å². The molecule has 0 radical (unpaired) electrons. The van der Waals surface area contributed by atoms with Crippen LogP contribution < -0.4 is 20.0 Å². The highest BCUT2D eigenvalue weighted by molar-refractivity contribution is 7.13. The minimum absolute atomic E-state index is 0.193. The highest BCUT2D eigenvalue weighted by Crippen LogP contribution is 2.30. The van der Waals surface area contributed by atoms with Crippen LogP contribution in [0, 0.1) is 5.82 Å². The third-order valence-corrected chi connectivity index (χ3v) is 7.11. The fourth-order valence-corrected chi connectivity index (χ4v) is 5.07. The second-order valence-electron chi connectivity index (χ2n) is 8.55. The number of hydrogen-bond donors (Lipinski definition) is 1. The van der Waals surface area contributed by atoms with E-state index in [9.17, 15) is 9.59 Å². The predicted octanol–water partition coefficient (Wildman–Crippen LogP) is 3.74. The Morgan fingerprint density at radius 3 is 2.63 bits per heavy atom. The van der Waals surface area contributed by atoms with Crippen LogP contribution in [0.1, 0.15) is 6.92 Å². The highest BCUT2D eigenvalue weighted by Gasteiger charge is 2.33. The van der Waals surface area contributed by atoms with Crippen molar-refractivity contribution < 1.29 is 18.7 Å². The maximum Gasteiger partial charge on any atom is 0.414 e. The Bertz CT molecular complexity index is 1200. The zero-order chi connectivity index (χ0) is 24.4. The number of thiophene rings is 1. The van der Waals surface area contributed by atoms with E-state index >= 15 is 4.39 Å². The number of pyridine rings is 1. The summed E-state index contributed by atoms with van der Waals surface area (Å²) in [4.78, 5) is 34.8. The Morgan fingerprint density at radius 1 is 1.17 bits per heavy atom. The van der Waals surface area contributed by atoms with E-state index in [2.05, 4.69) is 32.7 Å². The summed E-state index contributed by atoms with van der Waals surface area (Å²) in [5.74, 6) is 0.343. The summed E-state index contributed by atoms with van der Waals surface area (Å²) >= 11 is 1.69. The van der Waals surface area contributed by atoms with Gasteiger partial charge in [0, 0.05) is 49.7 Å². The quantitative estimate of drug-likeness (QED) is 0.562. The van der Waals surface area contributed by atoms with Gasteiger partial charge in [-0.2, -0.15) is 0 Å². The molecule has 2 aliphatic rings. The first-order valence-corrected chi connectivity index (χ1v) is 12.4. The zero-order valence-electron chi connectivity index (χ0n) is 19.3. The molecule has 8 nitrogen and oxygen atoms in total. The second-order valence-corrected chi connectivity index (χ2v) is 9.49. The number of halogens is 1. The Balaban J connectivity index is 1.19. The first-order valence-electron chi connectivity index (χ1n) is 11.5. The van der Waals surface area contributed by atoms with Crippen molar-refractivity contribution in [1.82, 2.24) is 10.3 Å². The standard InChI is InChI=1S/C25H26FN5O3S/c1-17(32)27-15-20-16-31(25(33)34-20)19-5-6-22(21(26)13-19)29-8-10-30(11-9-29)24-7-4-18(14-28-24)23-3-2-12-35-23/h2-7,12-14,20H,8-11,15-16H2,1H3,(H,27,32)/t20-/m0/s1. The molecular formula is C25H26FN5O3S. The van der Waals surface area contributed by atoms with Gasteiger partial charge in [0.25, 0.3) is 0 Å². The van der Waals surface area contributed by atoms with Gasteiger partial charge in [0.05, 0.1) is 24.5 Å². The maximum atomic E-state index is 15.1. The Hall–Kier alpha value is -3.66. The molecule has 35 heavy (non-hydrogen) atoms. The molecule has 0 spiro atoms. The molecule has 1 atom stereocenters. The van der Waals surface area contributed by atoms with E-state index in [4.69, 9.17) is 4.74 Å². The van der Waals surface area contributed by atoms with Gasteiger partial charge < -0.3 is 19.9 Å². The molecule has 0 unspecified atom stereocenters. The van der Waals surface area contributed by atoms with Gasteiger partial charge in [-0.15, -0.1) is 11.3 Å². The molecule has 0 bridgehead atoms. The van der Waals surface area contributed by atoms with Crippen molar-refractivity contribution in [3.8, 4) is 10.4 Å². The zero-order valence-corrected chi connectivity index (χ0v) is 20.1. The molecule has 2 saturated heterocycles. The van der Waals surface area contributed by atoms with Crippen molar-refractivity contribution in [2.24, 2.45) is 0 Å². The van der Waals surface area contributed by atoms with E-state index in [0.29, 0.717) is 24.5 Å². The van der Waals surface area contributed by atoms with Crippen molar-refractivity contribution in [3.63, 3.8) is 0 Å². The molecule has 4 heterocycles. The van der Waals surface area contributed by atoms with Crippen LogP contribution in [0.2, 0.25) is 0 Å². The van der Waals surface area contributed by atoms with Crippen molar-refractivity contribution in [3.05, 3.63) is 59.9 Å². The van der Waals surface area contributed by atoms with Crippen LogP contribution in [0.15, 0.2) is 54.0 Å². The number of piperazine rings is 1. The number of anilines is 3. The molecule has 2 aliphatic heterocycles. The summed E-state index contributed by atoms with van der Waals surface area (Å²) in [7, 11) is 0. The van der Waals surface area contributed by atoms with Crippen LogP contribution in [0.5, 0.6) is 0 Å². The molecule has 3 aromatic rings. The second kappa shape index (κ2) is 9.91. The fourth-order valence-electron chi connectivity index (χ4n) is 4.35. The van der Waals surface area contributed by atoms with Gasteiger partial charge in [-0.3, -0.25) is 9.69 Å². The number of ether oxygens (including phenoxy) is 1. The van der Waals surface area contributed by atoms with Gasteiger partial charge in [0.15, 0.2) is 0 Å². The van der Waals surface area contributed by atoms with Gasteiger partial charge in [0.1, 0.15) is 17.7 Å². The highest BCUT2D eigenvalue weighted by atomic mass is 32.1. The summed E-state index contributed by atoms with van der Waals surface area (Å²) in [5, 5.41) is 4.69. The van der Waals surface area contributed by atoms with Crippen molar-refractivity contribution in [2.75, 3.05) is 54.0 Å². The Labute approximate surface area is 206 Å². The molecule has 0 aliphatic carbocycles. The molecule has 10 heteroatoms. The molecule has 1 aromatic carbocycles. The normalized spacial score (nSPS) is 18.1. The average Bonchev–Trinajstić information content (AvgIpc) is 3.53. The van der Waals surface area contributed by atoms with Crippen LogP contribution in [-0.2, 0) is 9.53 Å². The number of nitrogens with one attached hydrogen (secondary N) is 1. The van der Waals surface area contributed by atoms with E-state index in [1.807, 2.05) is 23.2 Å². The van der Waals surface area contributed by atoms with Crippen LogP contribution in [0.3, 0.4) is 0 Å². The molecule has 0 saturated carbocycles. The Morgan fingerprint density at radius 2 is 1.97 bits per heavy atom. The summed E-state index contributed by atoms with van der Waals surface area (Å²) < 4.78 is 20.3. The van der Waals surface area contributed by atoms with Crippen molar-refractivity contribution >= 4 is 40.5 Å². The van der Waals surface area contributed by atoms with Gasteiger partial charge in [-0.05, 0) is 41.8 Å². The topological polar surface area (TPSA) is 78.0 Å².